The normalized spacial score (nSPS) is 27.0. The molecule has 1 unspecified atom stereocenters. The predicted molar refractivity (Wildman–Crippen MR) is 205 cm³/mol. The number of benzene rings is 1. The molecule has 55 heavy (non-hydrogen) atoms. The van der Waals surface area contributed by atoms with Crippen LogP contribution in [0.1, 0.15) is 92.6 Å². The van der Waals surface area contributed by atoms with E-state index < -0.39 is 89.4 Å². The summed E-state index contributed by atoms with van der Waals surface area (Å²) in [5.41, 5.74) is 1.16. The van der Waals surface area contributed by atoms with E-state index in [0.29, 0.717) is 12.8 Å². The molecule has 0 aliphatic carbocycles. The molecule has 0 saturated carbocycles. The fourth-order valence-electron chi connectivity index (χ4n) is 7.07. The third-order valence-corrected chi connectivity index (χ3v) is 10.8. The van der Waals surface area contributed by atoms with Crippen molar-refractivity contribution >= 4 is 41.5 Å². The molecular formula is C40H63N5O10. The van der Waals surface area contributed by atoms with Gasteiger partial charge < -0.3 is 41.1 Å². The Balaban J connectivity index is 2.44. The third kappa shape index (κ3) is 13.9. The topological polar surface area (TPSA) is 221 Å². The fraction of sp³-hybridized carbons (Fsp3) is 0.675. The maximum atomic E-state index is 13.9. The molecule has 1 aromatic rings. The predicted octanol–water partition coefficient (Wildman–Crippen LogP) is 2.75. The molecule has 0 radical (unpaired) electrons. The third-order valence-electron chi connectivity index (χ3n) is 10.8. The zero-order valence-electron chi connectivity index (χ0n) is 33.8. The molecule has 1 saturated heterocycles. The Morgan fingerprint density at radius 1 is 0.855 bits per heavy atom. The first-order valence-electron chi connectivity index (χ1n) is 19.3. The van der Waals surface area contributed by atoms with Gasteiger partial charge in [-0.15, -0.1) is 0 Å². The van der Waals surface area contributed by atoms with Crippen LogP contribution in [0.5, 0.6) is 0 Å². The van der Waals surface area contributed by atoms with E-state index in [9.17, 15) is 43.8 Å². The zero-order valence-corrected chi connectivity index (χ0v) is 33.8. The van der Waals surface area contributed by atoms with E-state index >= 15 is 0 Å². The molecule has 15 nitrogen and oxygen atoms in total. The molecule has 15 heteroatoms. The first kappa shape index (κ1) is 46.6. The number of carboxylic acid groups (broad SMARTS) is 2. The Morgan fingerprint density at radius 2 is 1.47 bits per heavy atom. The van der Waals surface area contributed by atoms with Gasteiger partial charge in [0.2, 0.25) is 29.5 Å². The number of likely N-dealkylation sites (N-methyl/N-ethyl adjacent to an activating group) is 1. The molecule has 2 rings (SSSR count). The van der Waals surface area contributed by atoms with Crippen molar-refractivity contribution in [1.82, 2.24) is 26.2 Å². The number of carbonyl (C=O) groups excluding carboxylic acids is 5. The van der Waals surface area contributed by atoms with Gasteiger partial charge >= 0.3 is 11.9 Å². The average molecular weight is 774 g/mol. The summed E-state index contributed by atoms with van der Waals surface area (Å²) in [6.45, 7) is 12.1. The van der Waals surface area contributed by atoms with E-state index in [1.54, 1.807) is 34.8 Å². The molecule has 308 valence electrons. The SMILES string of the molecule is CC[C@H]1C(=O)N[C@@H](C(=O)O)[C@H](C)C(=O)N[C@@H](C(C)C)C(=O)N[C@@H](CCC(C)C[C@H](C)[C@H](Cc2ccccc2)OC)[C@H](C)C(=O)N[C@@H](C(=O)O)CCC(=O)N1C. The fourth-order valence-corrected chi connectivity index (χ4v) is 7.07. The maximum Gasteiger partial charge on any atom is 0.327 e. The lowest BCUT2D eigenvalue weighted by molar-refractivity contribution is -0.148. The van der Waals surface area contributed by atoms with Gasteiger partial charge in [-0.1, -0.05) is 78.8 Å². The molecule has 1 fully saturated rings. The summed E-state index contributed by atoms with van der Waals surface area (Å²) < 4.78 is 5.85. The lowest BCUT2D eigenvalue weighted by atomic mass is 9.85. The Hall–Kier alpha value is -4.53. The number of aliphatic carboxylic acids is 2. The van der Waals surface area contributed by atoms with Crippen LogP contribution in [-0.4, -0.2) is 107 Å². The first-order chi connectivity index (χ1) is 25.8. The van der Waals surface area contributed by atoms with Gasteiger partial charge in [0.05, 0.1) is 17.9 Å². The number of hydrogen-bond acceptors (Lipinski definition) is 8. The Bertz CT molecular complexity index is 1470. The van der Waals surface area contributed by atoms with Crippen molar-refractivity contribution < 1.29 is 48.5 Å². The average Bonchev–Trinajstić information content (AvgIpc) is 3.13. The van der Waals surface area contributed by atoms with Crippen molar-refractivity contribution in [2.24, 2.45) is 29.6 Å². The van der Waals surface area contributed by atoms with E-state index in [2.05, 4.69) is 47.2 Å². The Morgan fingerprint density at radius 3 is 2.02 bits per heavy atom. The lowest BCUT2D eigenvalue weighted by Crippen LogP contribution is -2.59. The highest BCUT2D eigenvalue weighted by Crippen LogP contribution is 2.25. The highest BCUT2D eigenvalue weighted by molar-refractivity contribution is 5.95. The minimum atomic E-state index is -1.69. The van der Waals surface area contributed by atoms with Crippen molar-refractivity contribution in [3.8, 4) is 0 Å². The van der Waals surface area contributed by atoms with Gasteiger partial charge in [-0.3, -0.25) is 24.0 Å². The summed E-state index contributed by atoms with van der Waals surface area (Å²) in [7, 11) is 3.04. The summed E-state index contributed by atoms with van der Waals surface area (Å²) in [5, 5.41) is 30.5. The first-order valence-corrected chi connectivity index (χ1v) is 19.3. The van der Waals surface area contributed by atoms with Crippen LogP contribution in [0.15, 0.2) is 30.3 Å². The van der Waals surface area contributed by atoms with Crippen molar-refractivity contribution in [3.05, 3.63) is 35.9 Å². The molecule has 0 bridgehead atoms. The minimum absolute atomic E-state index is 0.0333. The lowest BCUT2D eigenvalue weighted by Gasteiger charge is -2.31. The highest BCUT2D eigenvalue weighted by atomic mass is 16.5. The molecule has 1 heterocycles. The molecule has 0 spiro atoms. The van der Waals surface area contributed by atoms with Crippen LogP contribution >= 0.6 is 0 Å². The van der Waals surface area contributed by atoms with Crippen LogP contribution in [0.2, 0.25) is 0 Å². The Kier molecular flexibility index (Phi) is 18.8. The second-order valence-electron chi connectivity index (χ2n) is 15.5. The molecular weight excluding hydrogens is 710 g/mol. The van der Waals surface area contributed by atoms with Gasteiger partial charge in [-0.2, -0.15) is 0 Å². The number of nitrogens with one attached hydrogen (secondary N) is 4. The molecule has 6 N–H and O–H groups in total. The number of hydrogen-bond donors (Lipinski definition) is 6. The second-order valence-corrected chi connectivity index (χ2v) is 15.5. The standard InChI is InChI=1S/C40H63N5O10/c1-10-30-37(49)44-34(40(53)54)26(7)36(48)43-33(22(2)3)38(50)41-28(25(6)35(47)42-29(39(51)52)18-19-32(46)45(30)8)17-16-23(4)20-24(5)31(55-9)21-27-14-12-11-13-15-27/h11-15,22-26,28-31,33-34H,10,16-21H2,1-9H3,(H,41,50)(H,42,47)(H,43,48)(H,44,49)(H,51,52)(H,53,54)/t23?,24-,25-,26-,28-,29+,30-,31-,33-,34+/m0/s1. The van der Waals surface area contributed by atoms with Crippen LogP contribution in [0, 0.1) is 29.6 Å². The van der Waals surface area contributed by atoms with Crippen LogP contribution in [-0.2, 0) is 44.7 Å². The summed E-state index contributed by atoms with van der Waals surface area (Å²) >= 11 is 0. The quantitative estimate of drug-likeness (QED) is 0.172. The second kappa shape index (κ2) is 22.1. The van der Waals surface area contributed by atoms with Crippen LogP contribution in [0.25, 0.3) is 0 Å². The number of carboxylic acids is 2. The van der Waals surface area contributed by atoms with Gasteiger partial charge in [0.15, 0.2) is 0 Å². The van der Waals surface area contributed by atoms with Gasteiger partial charge in [0, 0.05) is 26.6 Å². The molecule has 1 aliphatic heterocycles. The van der Waals surface area contributed by atoms with E-state index in [0.717, 1.165) is 23.3 Å². The van der Waals surface area contributed by atoms with Crippen LogP contribution in [0.3, 0.4) is 0 Å². The van der Waals surface area contributed by atoms with Crippen molar-refractivity contribution in [3.63, 3.8) is 0 Å². The highest BCUT2D eigenvalue weighted by Gasteiger charge is 2.38. The maximum absolute atomic E-state index is 13.9. The van der Waals surface area contributed by atoms with Gasteiger partial charge in [0.1, 0.15) is 24.2 Å². The monoisotopic (exact) mass is 773 g/mol. The number of nitrogens with zero attached hydrogens (tertiary/aromatic N) is 1. The molecule has 10 atom stereocenters. The van der Waals surface area contributed by atoms with Crippen molar-refractivity contribution in [2.45, 2.75) is 130 Å². The summed E-state index contributed by atoms with van der Waals surface area (Å²) in [5.74, 6) is -8.72. The van der Waals surface area contributed by atoms with E-state index in [1.807, 2.05) is 18.2 Å². The number of carbonyl (C=O) groups is 7. The molecule has 1 aliphatic rings. The van der Waals surface area contributed by atoms with Gasteiger partial charge in [0.25, 0.3) is 0 Å². The zero-order chi connectivity index (χ0) is 41.6. The summed E-state index contributed by atoms with van der Waals surface area (Å²) in [6, 6.07) is 3.85. The van der Waals surface area contributed by atoms with Crippen molar-refractivity contribution in [1.29, 1.82) is 0 Å². The van der Waals surface area contributed by atoms with Crippen LogP contribution in [0.4, 0.5) is 0 Å². The largest absolute Gasteiger partial charge is 0.480 e. The van der Waals surface area contributed by atoms with Crippen molar-refractivity contribution in [2.75, 3.05) is 14.2 Å². The molecule has 0 aromatic heterocycles. The van der Waals surface area contributed by atoms with Crippen LogP contribution < -0.4 is 21.3 Å². The minimum Gasteiger partial charge on any atom is -0.480 e. The van der Waals surface area contributed by atoms with E-state index in [-0.39, 0.29) is 37.2 Å². The number of rotatable bonds is 13. The Labute approximate surface area is 325 Å². The molecule has 1 aromatic carbocycles. The molecule has 5 amide bonds. The summed E-state index contributed by atoms with van der Waals surface area (Å²) in [6.07, 6.45) is 1.89. The summed E-state index contributed by atoms with van der Waals surface area (Å²) in [4.78, 5) is 93.3. The number of ether oxygens (including phenoxy) is 1. The van der Waals surface area contributed by atoms with Gasteiger partial charge in [-0.25, -0.2) is 9.59 Å². The number of amides is 5. The van der Waals surface area contributed by atoms with Gasteiger partial charge in [-0.05, 0) is 61.8 Å². The smallest absolute Gasteiger partial charge is 0.327 e. The van der Waals surface area contributed by atoms with E-state index in [4.69, 9.17) is 4.74 Å². The van der Waals surface area contributed by atoms with E-state index in [1.165, 1.54) is 14.0 Å². The number of methoxy groups -OCH3 is 1.